The standard InChI is InChI=1S/C15H22N2O2/c1-11-9-12(16)5-6-13(11)14(18)17(2)10-15(19)7-3-4-8-15/h5-6,9,19H,3-4,7-8,10,16H2,1-2H3. The first-order valence-corrected chi connectivity index (χ1v) is 6.75. The van der Waals surface area contributed by atoms with Gasteiger partial charge in [-0.05, 0) is 43.5 Å². The van der Waals surface area contributed by atoms with Crippen LogP contribution in [0.4, 0.5) is 5.69 Å². The molecule has 0 radical (unpaired) electrons. The zero-order valence-electron chi connectivity index (χ0n) is 11.6. The molecule has 0 bridgehead atoms. The van der Waals surface area contributed by atoms with E-state index in [2.05, 4.69) is 0 Å². The van der Waals surface area contributed by atoms with Gasteiger partial charge in [-0.3, -0.25) is 4.79 Å². The second kappa shape index (κ2) is 5.21. The molecular formula is C15H22N2O2. The van der Waals surface area contributed by atoms with Crippen molar-refractivity contribution < 1.29 is 9.90 Å². The number of carbonyl (C=O) groups excluding carboxylic acids is 1. The number of benzene rings is 1. The van der Waals surface area contributed by atoms with E-state index in [-0.39, 0.29) is 5.91 Å². The van der Waals surface area contributed by atoms with E-state index in [1.54, 1.807) is 30.1 Å². The van der Waals surface area contributed by atoms with Gasteiger partial charge in [0.25, 0.3) is 5.91 Å². The highest BCUT2D eigenvalue weighted by atomic mass is 16.3. The molecule has 0 unspecified atom stereocenters. The minimum atomic E-state index is -0.702. The maximum absolute atomic E-state index is 12.4. The van der Waals surface area contributed by atoms with E-state index >= 15 is 0 Å². The lowest BCUT2D eigenvalue weighted by molar-refractivity contribution is 0.0156. The number of hydrogen-bond acceptors (Lipinski definition) is 3. The van der Waals surface area contributed by atoms with Crippen molar-refractivity contribution >= 4 is 11.6 Å². The Bertz CT molecular complexity index is 479. The van der Waals surface area contributed by atoms with Crippen LogP contribution in [-0.4, -0.2) is 35.1 Å². The molecule has 2 rings (SSSR count). The zero-order valence-corrected chi connectivity index (χ0v) is 11.6. The summed E-state index contributed by atoms with van der Waals surface area (Å²) in [5, 5.41) is 10.4. The fourth-order valence-corrected chi connectivity index (χ4v) is 2.84. The molecule has 3 N–H and O–H groups in total. The number of anilines is 1. The molecule has 0 atom stereocenters. The van der Waals surface area contributed by atoms with Crippen LogP contribution in [0.25, 0.3) is 0 Å². The summed E-state index contributed by atoms with van der Waals surface area (Å²) in [5.41, 5.74) is 7.17. The van der Waals surface area contributed by atoms with Gasteiger partial charge in [0.1, 0.15) is 0 Å². The molecule has 104 valence electrons. The quantitative estimate of drug-likeness (QED) is 0.818. The summed E-state index contributed by atoms with van der Waals surface area (Å²) in [7, 11) is 1.74. The van der Waals surface area contributed by atoms with Gasteiger partial charge in [0.05, 0.1) is 5.60 Å². The first kappa shape index (κ1) is 13.9. The van der Waals surface area contributed by atoms with Crippen LogP contribution in [0.5, 0.6) is 0 Å². The third kappa shape index (κ3) is 3.07. The smallest absolute Gasteiger partial charge is 0.253 e. The van der Waals surface area contributed by atoms with E-state index in [1.165, 1.54) is 0 Å². The van der Waals surface area contributed by atoms with Crippen molar-refractivity contribution in [3.63, 3.8) is 0 Å². The van der Waals surface area contributed by atoms with Crippen LogP contribution >= 0.6 is 0 Å². The minimum absolute atomic E-state index is 0.0576. The highest BCUT2D eigenvalue weighted by Gasteiger charge is 2.33. The third-order valence-electron chi connectivity index (χ3n) is 3.89. The molecule has 1 aliphatic carbocycles. The van der Waals surface area contributed by atoms with Crippen LogP contribution in [-0.2, 0) is 0 Å². The number of aryl methyl sites for hydroxylation is 1. The van der Waals surface area contributed by atoms with Gasteiger partial charge in [-0.25, -0.2) is 0 Å². The molecule has 0 aromatic heterocycles. The molecule has 0 saturated heterocycles. The highest BCUT2D eigenvalue weighted by Crippen LogP contribution is 2.30. The predicted molar refractivity (Wildman–Crippen MR) is 76.0 cm³/mol. The lowest BCUT2D eigenvalue weighted by atomic mass is 10.0. The van der Waals surface area contributed by atoms with Crippen molar-refractivity contribution in [2.24, 2.45) is 0 Å². The lowest BCUT2D eigenvalue weighted by Crippen LogP contribution is -2.42. The maximum atomic E-state index is 12.4. The molecule has 0 heterocycles. The Labute approximate surface area is 114 Å². The SMILES string of the molecule is Cc1cc(N)ccc1C(=O)N(C)CC1(O)CCCC1. The van der Waals surface area contributed by atoms with Crippen LogP contribution in [0.3, 0.4) is 0 Å². The van der Waals surface area contributed by atoms with Gasteiger partial charge in [0.2, 0.25) is 0 Å². The largest absolute Gasteiger partial charge is 0.399 e. The van der Waals surface area contributed by atoms with E-state index in [1.807, 2.05) is 6.92 Å². The molecule has 1 aromatic rings. The van der Waals surface area contributed by atoms with Crippen LogP contribution < -0.4 is 5.73 Å². The topological polar surface area (TPSA) is 66.6 Å². The van der Waals surface area contributed by atoms with Gasteiger partial charge in [-0.1, -0.05) is 12.8 Å². The molecule has 4 heteroatoms. The monoisotopic (exact) mass is 262 g/mol. The van der Waals surface area contributed by atoms with Crippen LogP contribution in [0.15, 0.2) is 18.2 Å². The van der Waals surface area contributed by atoms with Gasteiger partial charge >= 0.3 is 0 Å². The molecule has 1 amide bonds. The van der Waals surface area contributed by atoms with Crippen molar-refractivity contribution in [3.05, 3.63) is 29.3 Å². The van der Waals surface area contributed by atoms with E-state index in [9.17, 15) is 9.90 Å². The fourth-order valence-electron chi connectivity index (χ4n) is 2.84. The Kier molecular flexibility index (Phi) is 3.80. The van der Waals surface area contributed by atoms with Crippen molar-refractivity contribution in [2.45, 2.75) is 38.2 Å². The number of rotatable bonds is 3. The molecule has 4 nitrogen and oxygen atoms in total. The lowest BCUT2D eigenvalue weighted by Gasteiger charge is -2.29. The summed E-state index contributed by atoms with van der Waals surface area (Å²) in [6, 6.07) is 5.28. The van der Waals surface area contributed by atoms with Gasteiger partial charge in [-0.15, -0.1) is 0 Å². The Morgan fingerprint density at radius 1 is 1.42 bits per heavy atom. The summed E-state index contributed by atoms with van der Waals surface area (Å²) in [6.45, 7) is 2.28. The molecule has 1 fully saturated rings. The summed E-state index contributed by atoms with van der Waals surface area (Å²) in [4.78, 5) is 14.0. The first-order valence-electron chi connectivity index (χ1n) is 6.75. The number of nitrogens with two attached hydrogens (primary N) is 1. The van der Waals surface area contributed by atoms with E-state index in [0.717, 1.165) is 31.2 Å². The second-order valence-electron chi connectivity index (χ2n) is 5.67. The Balaban J connectivity index is 2.10. The average Bonchev–Trinajstić information content (AvgIpc) is 2.75. The van der Waals surface area contributed by atoms with Crippen molar-refractivity contribution in [3.8, 4) is 0 Å². The molecular weight excluding hydrogens is 240 g/mol. The van der Waals surface area contributed by atoms with Crippen LogP contribution in [0, 0.1) is 6.92 Å². The van der Waals surface area contributed by atoms with Gasteiger partial charge in [0.15, 0.2) is 0 Å². The van der Waals surface area contributed by atoms with E-state index < -0.39 is 5.60 Å². The second-order valence-corrected chi connectivity index (χ2v) is 5.67. The Hall–Kier alpha value is -1.55. The van der Waals surface area contributed by atoms with Gasteiger partial charge in [-0.2, -0.15) is 0 Å². The Morgan fingerprint density at radius 3 is 2.63 bits per heavy atom. The number of likely N-dealkylation sites (N-methyl/N-ethyl adjacent to an activating group) is 1. The maximum Gasteiger partial charge on any atom is 0.253 e. The summed E-state index contributed by atoms with van der Waals surface area (Å²) < 4.78 is 0. The van der Waals surface area contributed by atoms with Crippen molar-refractivity contribution in [2.75, 3.05) is 19.3 Å². The summed E-state index contributed by atoms with van der Waals surface area (Å²) in [5.74, 6) is -0.0576. The third-order valence-corrected chi connectivity index (χ3v) is 3.89. The molecule has 0 spiro atoms. The number of nitrogen functional groups attached to an aromatic ring is 1. The van der Waals surface area contributed by atoms with E-state index in [0.29, 0.717) is 17.8 Å². The normalized spacial score (nSPS) is 17.4. The number of hydrogen-bond donors (Lipinski definition) is 2. The average molecular weight is 262 g/mol. The number of amides is 1. The Morgan fingerprint density at radius 2 is 2.05 bits per heavy atom. The molecule has 1 aliphatic rings. The zero-order chi connectivity index (χ0) is 14.0. The van der Waals surface area contributed by atoms with Crippen molar-refractivity contribution in [1.82, 2.24) is 4.90 Å². The van der Waals surface area contributed by atoms with Crippen molar-refractivity contribution in [1.29, 1.82) is 0 Å². The molecule has 0 aliphatic heterocycles. The van der Waals surface area contributed by atoms with E-state index in [4.69, 9.17) is 5.73 Å². The minimum Gasteiger partial charge on any atom is -0.399 e. The van der Waals surface area contributed by atoms with Gasteiger partial charge < -0.3 is 15.7 Å². The predicted octanol–water partition coefficient (Wildman–Crippen LogP) is 1.95. The molecule has 1 saturated carbocycles. The molecule has 19 heavy (non-hydrogen) atoms. The first-order chi connectivity index (χ1) is 8.91. The highest BCUT2D eigenvalue weighted by molar-refractivity contribution is 5.95. The summed E-state index contributed by atoms with van der Waals surface area (Å²) >= 11 is 0. The number of nitrogens with zero attached hydrogens (tertiary/aromatic N) is 1. The molecule has 1 aromatic carbocycles. The fraction of sp³-hybridized carbons (Fsp3) is 0.533. The number of aliphatic hydroxyl groups is 1. The van der Waals surface area contributed by atoms with Crippen LogP contribution in [0.2, 0.25) is 0 Å². The summed E-state index contributed by atoms with van der Waals surface area (Å²) in [6.07, 6.45) is 3.65. The number of carbonyl (C=O) groups is 1. The van der Waals surface area contributed by atoms with Crippen LogP contribution in [0.1, 0.15) is 41.6 Å². The van der Waals surface area contributed by atoms with Gasteiger partial charge in [0, 0.05) is 24.8 Å².